The summed E-state index contributed by atoms with van der Waals surface area (Å²) in [7, 11) is -8.44. The molecule has 2 aliphatic rings. The lowest BCUT2D eigenvalue weighted by Gasteiger charge is -2.31. The van der Waals surface area contributed by atoms with Crippen molar-refractivity contribution in [2.45, 2.75) is 71.5 Å². The second-order valence-corrected chi connectivity index (χ2v) is 16.8. The smallest absolute Gasteiger partial charge is 0.403 e. The van der Waals surface area contributed by atoms with Crippen molar-refractivity contribution in [2.24, 2.45) is 0 Å². The molecule has 2 saturated heterocycles. The summed E-state index contributed by atoms with van der Waals surface area (Å²) in [4.78, 5) is 0. The zero-order valence-corrected chi connectivity index (χ0v) is 32.2. The lowest BCUT2D eigenvalue weighted by atomic mass is 9.91. The Morgan fingerprint density at radius 3 is 1.84 bits per heavy atom. The van der Waals surface area contributed by atoms with Gasteiger partial charge in [-0.05, 0) is 90.9 Å². The maximum absolute atomic E-state index is 14.4. The van der Waals surface area contributed by atoms with Crippen molar-refractivity contribution in [3.63, 3.8) is 0 Å². The summed E-state index contributed by atoms with van der Waals surface area (Å²) >= 11 is 12.6. The number of unbranched alkanes of at least 4 members (excludes halogenated alkanes) is 2. The summed E-state index contributed by atoms with van der Waals surface area (Å²) in [6.07, 6.45) is 3.27. The Balaban J connectivity index is 1.47. The van der Waals surface area contributed by atoms with Crippen molar-refractivity contribution in [3.8, 4) is 22.6 Å². The summed E-state index contributed by atoms with van der Waals surface area (Å²) in [5.41, 5.74) is 5.87. The van der Waals surface area contributed by atoms with Gasteiger partial charge in [0.05, 0.1) is 31.0 Å². The highest BCUT2D eigenvalue weighted by Crippen LogP contribution is 2.62. The molecule has 4 atom stereocenters. The number of allylic oxidation sites excluding steroid dienone is 1. The first-order valence-electron chi connectivity index (χ1n) is 17.1. The molecule has 0 amide bonds. The van der Waals surface area contributed by atoms with Crippen LogP contribution in [0.4, 0.5) is 0 Å². The summed E-state index contributed by atoms with van der Waals surface area (Å²) in [6.45, 7) is 10.5. The molecule has 4 unspecified atom stereocenters. The van der Waals surface area contributed by atoms with Crippen LogP contribution in [0, 0.1) is 6.92 Å². The number of rotatable bonds is 12. The monoisotopic (exact) mass is 770 g/mol. The zero-order valence-electron chi connectivity index (χ0n) is 28.9. The molecule has 51 heavy (non-hydrogen) atoms. The molecular formula is C39H42Cl2O8P2. The molecule has 0 spiro atoms. The van der Waals surface area contributed by atoms with Gasteiger partial charge in [-0.3, -0.25) is 18.1 Å². The number of phosphoric acid groups is 2. The number of hydrogen-bond donors (Lipinski definition) is 0. The van der Waals surface area contributed by atoms with E-state index in [0.717, 1.165) is 52.7 Å². The third-order valence-electron chi connectivity index (χ3n) is 8.73. The molecule has 0 saturated carbocycles. The first kappa shape index (κ1) is 37.8. The van der Waals surface area contributed by atoms with Crippen molar-refractivity contribution in [1.82, 2.24) is 0 Å². The molecule has 2 fully saturated rings. The van der Waals surface area contributed by atoms with E-state index in [1.807, 2.05) is 68.4 Å². The fraction of sp³-hybridized carbons (Fsp3) is 0.333. The number of benzene rings is 4. The molecule has 6 rings (SSSR count). The summed E-state index contributed by atoms with van der Waals surface area (Å²) in [5.74, 6) is 0.356. The van der Waals surface area contributed by atoms with Crippen molar-refractivity contribution >= 4 is 44.4 Å². The number of hydrogen-bond acceptors (Lipinski definition) is 8. The van der Waals surface area contributed by atoms with Gasteiger partial charge >= 0.3 is 15.6 Å². The maximum Gasteiger partial charge on any atom is 0.530 e. The predicted molar refractivity (Wildman–Crippen MR) is 203 cm³/mol. The summed E-state index contributed by atoms with van der Waals surface area (Å²) in [5, 5.41) is 1.07. The predicted octanol–water partition coefficient (Wildman–Crippen LogP) is 13.1. The minimum Gasteiger partial charge on any atom is -0.403 e. The van der Waals surface area contributed by atoms with Crippen LogP contribution in [0.5, 0.6) is 11.5 Å². The molecule has 12 heteroatoms. The van der Waals surface area contributed by atoms with Crippen molar-refractivity contribution < 1.29 is 36.3 Å². The normalized spacial score (nSPS) is 23.5. The Bertz CT molecular complexity index is 1900. The topological polar surface area (TPSA) is 89.5 Å². The van der Waals surface area contributed by atoms with Crippen LogP contribution in [-0.2, 0) is 33.6 Å². The SMILES string of the molecule is C=C(C)c1ccc(C)cc1-c1c(OP2(=O)OCCC(c3cccc(Cl)c3)O2)cc(CCCCC)cc1OP1(=O)OCCC(c2cccc(Cl)c2)O1. The molecule has 4 aromatic rings. The van der Waals surface area contributed by atoms with E-state index in [1.54, 1.807) is 24.3 Å². The number of phosphoric ester groups is 2. The van der Waals surface area contributed by atoms with Gasteiger partial charge in [0.1, 0.15) is 11.5 Å². The van der Waals surface area contributed by atoms with Crippen molar-refractivity contribution in [1.29, 1.82) is 0 Å². The van der Waals surface area contributed by atoms with Crippen LogP contribution in [0.2, 0.25) is 10.0 Å². The summed E-state index contributed by atoms with van der Waals surface area (Å²) < 4.78 is 65.4. The average molecular weight is 772 g/mol. The van der Waals surface area contributed by atoms with Gasteiger partial charge < -0.3 is 9.05 Å². The number of aryl methyl sites for hydroxylation is 2. The van der Waals surface area contributed by atoms with Crippen molar-refractivity contribution in [3.05, 3.63) is 123 Å². The van der Waals surface area contributed by atoms with Crippen LogP contribution in [0.1, 0.15) is 86.0 Å². The van der Waals surface area contributed by atoms with E-state index in [9.17, 15) is 9.13 Å². The molecule has 0 aromatic heterocycles. The largest absolute Gasteiger partial charge is 0.530 e. The lowest BCUT2D eigenvalue weighted by molar-refractivity contribution is 0.0508. The molecule has 270 valence electrons. The summed E-state index contributed by atoms with van der Waals surface area (Å²) in [6, 6.07) is 24.0. The minimum absolute atomic E-state index is 0.132. The molecule has 8 nitrogen and oxygen atoms in total. The van der Waals surface area contributed by atoms with E-state index in [4.69, 9.17) is 50.3 Å². The quantitative estimate of drug-likeness (QED) is 0.104. The Kier molecular flexibility index (Phi) is 12.2. The van der Waals surface area contributed by atoms with E-state index in [0.29, 0.717) is 40.4 Å². The number of halogens is 2. The van der Waals surface area contributed by atoms with Crippen LogP contribution in [0.3, 0.4) is 0 Å². The van der Waals surface area contributed by atoms with E-state index in [-0.39, 0.29) is 24.7 Å². The van der Waals surface area contributed by atoms with Crippen LogP contribution in [0.25, 0.3) is 16.7 Å². The van der Waals surface area contributed by atoms with Crippen LogP contribution < -0.4 is 9.05 Å². The minimum atomic E-state index is -4.22. The highest BCUT2D eigenvalue weighted by molar-refractivity contribution is 7.49. The Morgan fingerprint density at radius 1 is 0.804 bits per heavy atom. The second kappa shape index (κ2) is 16.4. The average Bonchev–Trinajstić information content (AvgIpc) is 3.08. The molecule has 2 heterocycles. The standard InChI is InChI=1S/C39H42Cl2O8P2/c1-5-6-7-10-28-22-37(48-50(42)44-19-17-35(46-50)29-11-8-13-31(40)24-29)39(34-21-27(4)15-16-33(34)26(2)3)38(23-28)49-51(43)45-20-18-36(47-51)30-12-9-14-32(41)25-30/h8-9,11-16,21-25,35-36H,2,5-7,10,17-20H2,1,3-4H3. The van der Waals surface area contributed by atoms with Gasteiger partial charge in [-0.2, -0.15) is 0 Å². The first-order valence-corrected chi connectivity index (χ1v) is 20.8. The Hall–Kier alpha value is -2.90. The fourth-order valence-electron chi connectivity index (χ4n) is 6.24. The molecule has 0 bridgehead atoms. The molecule has 0 aliphatic carbocycles. The Morgan fingerprint density at radius 2 is 1.35 bits per heavy atom. The highest BCUT2D eigenvalue weighted by Gasteiger charge is 2.41. The van der Waals surface area contributed by atoms with Gasteiger partial charge in [-0.25, -0.2) is 9.13 Å². The Labute approximate surface area is 310 Å². The van der Waals surface area contributed by atoms with E-state index >= 15 is 0 Å². The van der Waals surface area contributed by atoms with Gasteiger partial charge in [-0.15, -0.1) is 0 Å². The molecular weight excluding hydrogens is 729 g/mol. The third-order valence-corrected chi connectivity index (χ3v) is 12.1. The molecule has 2 aliphatic heterocycles. The van der Waals surface area contributed by atoms with Crippen LogP contribution >= 0.6 is 38.8 Å². The zero-order chi connectivity index (χ0) is 36.2. The molecule has 0 N–H and O–H groups in total. The van der Waals surface area contributed by atoms with Gasteiger partial charge in [0.2, 0.25) is 0 Å². The third kappa shape index (κ3) is 9.37. The van der Waals surface area contributed by atoms with Gasteiger partial charge in [0, 0.05) is 22.9 Å². The highest BCUT2D eigenvalue weighted by atomic mass is 35.5. The van der Waals surface area contributed by atoms with E-state index in [2.05, 4.69) is 13.5 Å². The van der Waals surface area contributed by atoms with Crippen molar-refractivity contribution in [2.75, 3.05) is 13.2 Å². The maximum atomic E-state index is 14.4. The second-order valence-electron chi connectivity index (χ2n) is 12.9. The first-order chi connectivity index (χ1) is 24.4. The molecule has 4 aromatic carbocycles. The van der Waals surface area contributed by atoms with E-state index in [1.165, 1.54) is 0 Å². The molecule has 0 radical (unpaired) electrons. The van der Waals surface area contributed by atoms with Crippen LogP contribution in [-0.4, -0.2) is 13.2 Å². The lowest BCUT2D eigenvalue weighted by Crippen LogP contribution is -2.18. The van der Waals surface area contributed by atoms with Crippen LogP contribution in [0.15, 0.2) is 85.4 Å². The fourth-order valence-corrected chi connectivity index (χ4v) is 9.46. The van der Waals surface area contributed by atoms with Gasteiger partial charge in [0.25, 0.3) is 0 Å². The van der Waals surface area contributed by atoms with Gasteiger partial charge in [0.15, 0.2) is 0 Å². The van der Waals surface area contributed by atoms with Gasteiger partial charge in [-0.1, -0.05) is 103 Å². The van der Waals surface area contributed by atoms with E-state index < -0.39 is 27.9 Å².